The number of nitro groups is 1. The Morgan fingerprint density at radius 2 is 1.57 bits per heavy atom. The monoisotopic (exact) mass is 491 g/mol. The van der Waals surface area contributed by atoms with E-state index in [1.165, 1.54) is 35.2 Å². The quantitative estimate of drug-likeness (QED) is 0.251. The number of carbonyl (C=O) groups is 2. The maximum absolute atomic E-state index is 13.6. The lowest BCUT2D eigenvalue weighted by Crippen LogP contribution is -2.49. The maximum Gasteiger partial charge on any atom is 0.269 e. The Labute approximate surface area is 209 Å². The number of nitrogens with one attached hydrogen (secondary N) is 1. The van der Waals surface area contributed by atoms with Crippen molar-refractivity contribution in [1.29, 1.82) is 0 Å². The van der Waals surface area contributed by atoms with Gasteiger partial charge in [-0.1, -0.05) is 41.9 Å². The number of hydrogen-bond donors (Lipinski definition) is 1. The Balaban J connectivity index is 2.12. The third-order valence-electron chi connectivity index (χ3n) is 4.98. The Bertz CT molecular complexity index is 1220. The first-order chi connectivity index (χ1) is 16.5. The molecule has 0 aromatic heterocycles. The van der Waals surface area contributed by atoms with E-state index >= 15 is 0 Å². The molecule has 1 atom stereocenters. The van der Waals surface area contributed by atoms with E-state index in [4.69, 9.17) is 11.6 Å². The molecular weight excluding hydrogens is 466 g/mol. The Morgan fingerprint density at radius 3 is 2.11 bits per heavy atom. The molecule has 0 spiro atoms. The SMILES string of the molecule is CC(C)(C)NC(=O)C(c1ccc([N+](=O)[O-])cc1)N(C(=O)/C=C/c1ccccc1)c1ccc(Cl)cc1. The predicted molar refractivity (Wildman–Crippen MR) is 138 cm³/mol. The summed E-state index contributed by atoms with van der Waals surface area (Å²) in [5, 5.41) is 14.6. The van der Waals surface area contributed by atoms with Crippen LogP contribution in [-0.4, -0.2) is 22.3 Å². The van der Waals surface area contributed by atoms with Crippen molar-refractivity contribution in [2.45, 2.75) is 32.4 Å². The van der Waals surface area contributed by atoms with Gasteiger partial charge in [0.05, 0.1) is 4.92 Å². The largest absolute Gasteiger partial charge is 0.349 e. The van der Waals surface area contributed by atoms with Gasteiger partial charge in [0.1, 0.15) is 6.04 Å². The topological polar surface area (TPSA) is 92.5 Å². The fourth-order valence-corrected chi connectivity index (χ4v) is 3.58. The fourth-order valence-electron chi connectivity index (χ4n) is 3.45. The highest BCUT2D eigenvalue weighted by molar-refractivity contribution is 6.30. The second-order valence-electron chi connectivity index (χ2n) is 8.92. The van der Waals surface area contributed by atoms with Gasteiger partial charge in [-0.05, 0) is 74.4 Å². The lowest BCUT2D eigenvalue weighted by molar-refractivity contribution is -0.384. The van der Waals surface area contributed by atoms with Gasteiger partial charge in [-0.15, -0.1) is 0 Å². The number of rotatable bonds is 7. The van der Waals surface area contributed by atoms with E-state index in [1.807, 2.05) is 51.1 Å². The minimum Gasteiger partial charge on any atom is -0.349 e. The zero-order valence-electron chi connectivity index (χ0n) is 19.6. The highest BCUT2D eigenvalue weighted by atomic mass is 35.5. The van der Waals surface area contributed by atoms with Crippen molar-refractivity contribution in [3.63, 3.8) is 0 Å². The number of nitro benzene ring substituents is 1. The lowest BCUT2D eigenvalue weighted by atomic mass is 10.00. The Morgan fingerprint density at radius 1 is 0.971 bits per heavy atom. The van der Waals surface area contributed by atoms with E-state index in [-0.39, 0.29) is 5.69 Å². The van der Waals surface area contributed by atoms with Crippen molar-refractivity contribution in [3.05, 3.63) is 111 Å². The molecule has 35 heavy (non-hydrogen) atoms. The zero-order chi connectivity index (χ0) is 25.6. The average molecular weight is 492 g/mol. The van der Waals surface area contributed by atoms with Crippen LogP contribution in [0.5, 0.6) is 0 Å². The first-order valence-electron chi connectivity index (χ1n) is 10.9. The highest BCUT2D eigenvalue weighted by Gasteiger charge is 2.34. The number of anilines is 1. The van der Waals surface area contributed by atoms with Crippen molar-refractivity contribution >= 4 is 40.9 Å². The summed E-state index contributed by atoms with van der Waals surface area (Å²) in [5.74, 6) is -0.869. The summed E-state index contributed by atoms with van der Waals surface area (Å²) in [5.41, 5.74) is 1.00. The summed E-state index contributed by atoms with van der Waals surface area (Å²) in [6, 6.07) is 20.4. The lowest BCUT2D eigenvalue weighted by Gasteiger charge is -2.33. The first kappa shape index (κ1) is 25.6. The van der Waals surface area contributed by atoms with E-state index in [0.717, 1.165) is 5.56 Å². The summed E-state index contributed by atoms with van der Waals surface area (Å²) in [7, 11) is 0. The third kappa shape index (κ3) is 7.01. The number of nitrogens with zero attached hydrogens (tertiary/aromatic N) is 2. The van der Waals surface area contributed by atoms with Crippen molar-refractivity contribution in [2.75, 3.05) is 4.90 Å². The zero-order valence-corrected chi connectivity index (χ0v) is 20.4. The van der Waals surface area contributed by atoms with Crippen molar-refractivity contribution < 1.29 is 14.5 Å². The number of non-ortho nitro benzene ring substituents is 1. The average Bonchev–Trinajstić information content (AvgIpc) is 2.81. The smallest absolute Gasteiger partial charge is 0.269 e. The molecule has 0 bridgehead atoms. The van der Waals surface area contributed by atoms with Crippen LogP contribution in [0.2, 0.25) is 5.02 Å². The molecule has 1 N–H and O–H groups in total. The number of benzene rings is 3. The molecule has 7 nitrogen and oxygen atoms in total. The minimum atomic E-state index is -1.09. The van der Waals surface area contributed by atoms with E-state index in [9.17, 15) is 19.7 Å². The Kier molecular flexibility index (Phi) is 8.04. The molecule has 0 heterocycles. The Hall–Kier alpha value is -3.97. The number of halogens is 1. The van der Waals surface area contributed by atoms with Crippen LogP contribution in [0.3, 0.4) is 0 Å². The molecular formula is C27H26ClN3O4. The molecule has 2 amide bonds. The van der Waals surface area contributed by atoms with Crippen LogP contribution in [0.1, 0.15) is 37.9 Å². The van der Waals surface area contributed by atoms with Crippen LogP contribution in [0.25, 0.3) is 6.08 Å². The second kappa shape index (κ2) is 11.0. The van der Waals surface area contributed by atoms with E-state index in [2.05, 4.69) is 5.32 Å². The van der Waals surface area contributed by atoms with Crippen molar-refractivity contribution in [2.24, 2.45) is 0 Å². The van der Waals surface area contributed by atoms with Crippen molar-refractivity contribution in [1.82, 2.24) is 5.32 Å². The predicted octanol–water partition coefficient (Wildman–Crippen LogP) is 5.95. The summed E-state index contributed by atoms with van der Waals surface area (Å²) in [6.45, 7) is 5.50. The summed E-state index contributed by atoms with van der Waals surface area (Å²) in [6.07, 6.45) is 3.06. The molecule has 180 valence electrons. The van der Waals surface area contributed by atoms with Gasteiger partial charge >= 0.3 is 0 Å². The van der Waals surface area contributed by atoms with Crippen LogP contribution < -0.4 is 10.2 Å². The van der Waals surface area contributed by atoms with Gasteiger partial charge in [-0.25, -0.2) is 0 Å². The molecule has 0 saturated carbocycles. The number of carbonyl (C=O) groups excluding carboxylic acids is 2. The van der Waals surface area contributed by atoms with Crippen LogP contribution >= 0.6 is 11.6 Å². The molecule has 0 aliphatic heterocycles. The molecule has 3 aromatic rings. The molecule has 3 rings (SSSR count). The van der Waals surface area contributed by atoms with Crippen molar-refractivity contribution in [3.8, 4) is 0 Å². The van der Waals surface area contributed by atoms with Gasteiger partial charge in [0.25, 0.3) is 11.6 Å². The maximum atomic E-state index is 13.6. The normalized spacial score (nSPS) is 12.2. The molecule has 0 saturated heterocycles. The van der Waals surface area contributed by atoms with E-state index in [0.29, 0.717) is 16.3 Å². The highest BCUT2D eigenvalue weighted by Crippen LogP contribution is 2.31. The third-order valence-corrected chi connectivity index (χ3v) is 5.24. The first-order valence-corrected chi connectivity index (χ1v) is 11.3. The van der Waals surface area contributed by atoms with Gasteiger partial charge in [-0.2, -0.15) is 0 Å². The summed E-state index contributed by atoms with van der Waals surface area (Å²) < 4.78 is 0. The van der Waals surface area contributed by atoms with E-state index < -0.39 is 28.3 Å². The molecule has 3 aromatic carbocycles. The van der Waals surface area contributed by atoms with E-state index in [1.54, 1.807) is 30.3 Å². The van der Waals surface area contributed by atoms with Crippen LogP contribution in [0.15, 0.2) is 84.9 Å². The van der Waals surface area contributed by atoms with Gasteiger partial charge in [0.15, 0.2) is 0 Å². The van der Waals surface area contributed by atoms with Crippen LogP contribution in [0, 0.1) is 10.1 Å². The van der Waals surface area contributed by atoms with Gasteiger partial charge < -0.3 is 5.32 Å². The van der Waals surface area contributed by atoms with Gasteiger partial charge in [-0.3, -0.25) is 24.6 Å². The molecule has 0 aliphatic rings. The molecule has 1 unspecified atom stereocenters. The number of amides is 2. The standard InChI is InChI=1S/C27H26ClN3O4/c1-27(2,3)29-26(33)25(20-10-14-23(15-11-20)31(34)35)30(22-16-12-21(28)13-17-22)24(32)18-9-19-7-5-4-6-8-19/h4-18,25H,1-3H3,(H,29,33)/b18-9+. The fraction of sp³-hybridized carbons (Fsp3) is 0.185. The minimum absolute atomic E-state index is 0.114. The molecule has 0 fully saturated rings. The molecule has 0 radical (unpaired) electrons. The van der Waals surface area contributed by atoms with Gasteiger partial charge in [0, 0.05) is 34.5 Å². The van der Waals surface area contributed by atoms with Gasteiger partial charge in [0.2, 0.25) is 5.91 Å². The van der Waals surface area contributed by atoms with Crippen LogP contribution in [-0.2, 0) is 9.59 Å². The summed E-state index contributed by atoms with van der Waals surface area (Å²) >= 11 is 6.07. The van der Waals surface area contributed by atoms with Crippen LogP contribution in [0.4, 0.5) is 11.4 Å². The number of hydrogen-bond acceptors (Lipinski definition) is 4. The summed E-state index contributed by atoms with van der Waals surface area (Å²) in [4.78, 5) is 39.1. The second-order valence-corrected chi connectivity index (χ2v) is 9.36. The molecule has 8 heteroatoms. The molecule has 0 aliphatic carbocycles.